The lowest BCUT2D eigenvalue weighted by molar-refractivity contribution is -0.122. The highest BCUT2D eigenvalue weighted by molar-refractivity contribution is 6.32. The summed E-state index contributed by atoms with van der Waals surface area (Å²) in [5, 5.41) is 15.7. The lowest BCUT2D eigenvalue weighted by atomic mass is 10.1. The van der Waals surface area contributed by atoms with Crippen molar-refractivity contribution >= 4 is 17.5 Å². The molecule has 1 aromatic rings. The highest BCUT2D eigenvalue weighted by Crippen LogP contribution is 2.23. The van der Waals surface area contributed by atoms with Crippen LogP contribution in [0.5, 0.6) is 5.75 Å². The number of aromatic hydroxyl groups is 1. The Hall–Kier alpha value is -1.26. The number of carbonyl (C=O) groups excluding carboxylic acids is 1. The fraction of sp³-hybridized carbons (Fsp3) is 0.500. The number of amides is 1. The van der Waals surface area contributed by atoms with Crippen molar-refractivity contribution in [3.8, 4) is 5.75 Å². The Kier molecular flexibility index (Phi) is 5.63. The summed E-state index contributed by atoms with van der Waals surface area (Å²) in [6, 6.07) is 5.06. The standard InChI is InChI=1S/C14H21ClN2O2/c1-14(2,3)17-13(19)6-7-16-9-10-4-5-12(18)11(15)8-10/h4-5,8,16,18H,6-7,9H2,1-3H3,(H,17,19). The van der Waals surface area contributed by atoms with E-state index in [0.717, 1.165) is 5.56 Å². The normalized spacial score (nSPS) is 11.4. The first-order valence-corrected chi connectivity index (χ1v) is 6.65. The van der Waals surface area contributed by atoms with Gasteiger partial charge in [-0.05, 0) is 38.5 Å². The Bertz CT molecular complexity index is 442. The van der Waals surface area contributed by atoms with E-state index in [2.05, 4.69) is 10.6 Å². The third-order valence-electron chi connectivity index (χ3n) is 2.38. The molecule has 0 saturated heterocycles. The van der Waals surface area contributed by atoms with E-state index >= 15 is 0 Å². The number of phenolic OH excluding ortho intramolecular Hbond substituents is 1. The predicted molar refractivity (Wildman–Crippen MR) is 77.3 cm³/mol. The van der Waals surface area contributed by atoms with E-state index in [9.17, 15) is 9.90 Å². The highest BCUT2D eigenvalue weighted by Gasteiger charge is 2.12. The second-order valence-electron chi connectivity index (χ2n) is 5.51. The molecule has 0 radical (unpaired) electrons. The summed E-state index contributed by atoms with van der Waals surface area (Å²) < 4.78 is 0. The fourth-order valence-corrected chi connectivity index (χ4v) is 1.78. The molecule has 0 fully saturated rings. The van der Waals surface area contributed by atoms with E-state index in [0.29, 0.717) is 24.5 Å². The van der Waals surface area contributed by atoms with Crippen LogP contribution >= 0.6 is 11.6 Å². The molecule has 1 aromatic carbocycles. The van der Waals surface area contributed by atoms with Crippen molar-refractivity contribution in [3.05, 3.63) is 28.8 Å². The van der Waals surface area contributed by atoms with Crippen molar-refractivity contribution in [2.45, 2.75) is 39.3 Å². The lowest BCUT2D eigenvalue weighted by Gasteiger charge is -2.20. The summed E-state index contributed by atoms with van der Waals surface area (Å²) in [6.45, 7) is 7.08. The van der Waals surface area contributed by atoms with Crippen molar-refractivity contribution in [3.63, 3.8) is 0 Å². The zero-order chi connectivity index (χ0) is 14.5. The third kappa shape index (κ3) is 6.45. The van der Waals surface area contributed by atoms with E-state index in [1.807, 2.05) is 20.8 Å². The topological polar surface area (TPSA) is 61.4 Å². The molecule has 106 valence electrons. The van der Waals surface area contributed by atoms with E-state index in [4.69, 9.17) is 11.6 Å². The summed E-state index contributed by atoms with van der Waals surface area (Å²) in [6.07, 6.45) is 0.434. The summed E-state index contributed by atoms with van der Waals surface area (Å²) >= 11 is 5.81. The number of halogens is 1. The fourth-order valence-electron chi connectivity index (χ4n) is 1.58. The van der Waals surface area contributed by atoms with Gasteiger partial charge in [0.1, 0.15) is 5.75 Å². The molecule has 0 unspecified atom stereocenters. The smallest absolute Gasteiger partial charge is 0.221 e. The monoisotopic (exact) mass is 284 g/mol. The van der Waals surface area contributed by atoms with Gasteiger partial charge in [0.15, 0.2) is 0 Å². The van der Waals surface area contributed by atoms with Crippen molar-refractivity contribution in [1.82, 2.24) is 10.6 Å². The molecule has 0 heterocycles. The van der Waals surface area contributed by atoms with Gasteiger partial charge in [0.2, 0.25) is 5.91 Å². The molecule has 0 spiro atoms. The van der Waals surface area contributed by atoms with Gasteiger partial charge in [-0.2, -0.15) is 0 Å². The maximum Gasteiger partial charge on any atom is 0.221 e. The number of rotatable bonds is 5. The van der Waals surface area contributed by atoms with Crippen LogP contribution in [0, 0.1) is 0 Å². The van der Waals surface area contributed by atoms with Crippen molar-refractivity contribution in [2.75, 3.05) is 6.54 Å². The highest BCUT2D eigenvalue weighted by atomic mass is 35.5. The average Bonchev–Trinajstić information content (AvgIpc) is 2.27. The first-order chi connectivity index (χ1) is 8.78. The maximum absolute atomic E-state index is 11.6. The minimum absolute atomic E-state index is 0.0312. The van der Waals surface area contributed by atoms with Crippen LogP contribution in [-0.2, 0) is 11.3 Å². The molecule has 0 aromatic heterocycles. The molecular weight excluding hydrogens is 264 g/mol. The molecule has 1 amide bonds. The quantitative estimate of drug-likeness (QED) is 0.728. The molecule has 0 aliphatic carbocycles. The van der Waals surface area contributed by atoms with Crippen molar-refractivity contribution < 1.29 is 9.90 Å². The Morgan fingerprint density at radius 3 is 2.63 bits per heavy atom. The summed E-state index contributed by atoms with van der Waals surface area (Å²) in [4.78, 5) is 11.6. The third-order valence-corrected chi connectivity index (χ3v) is 2.69. The van der Waals surface area contributed by atoms with Crippen molar-refractivity contribution in [2.24, 2.45) is 0 Å². The minimum atomic E-state index is -0.193. The molecule has 3 N–H and O–H groups in total. The maximum atomic E-state index is 11.6. The molecule has 19 heavy (non-hydrogen) atoms. The van der Waals surface area contributed by atoms with Gasteiger partial charge in [-0.3, -0.25) is 4.79 Å². The molecule has 0 bridgehead atoms. The molecule has 5 heteroatoms. The van der Waals surface area contributed by atoms with Gasteiger partial charge >= 0.3 is 0 Å². The minimum Gasteiger partial charge on any atom is -0.506 e. The van der Waals surface area contributed by atoms with Crippen LogP contribution in [0.2, 0.25) is 5.02 Å². The van der Waals surface area contributed by atoms with E-state index < -0.39 is 0 Å². The second-order valence-corrected chi connectivity index (χ2v) is 5.92. The van der Waals surface area contributed by atoms with E-state index in [-0.39, 0.29) is 17.2 Å². The van der Waals surface area contributed by atoms with Gasteiger partial charge in [0.25, 0.3) is 0 Å². The summed E-state index contributed by atoms with van der Waals surface area (Å²) in [5.41, 5.74) is 0.778. The molecular formula is C14H21ClN2O2. The number of phenols is 1. The number of nitrogens with one attached hydrogen (secondary N) is 2. The number of benzene rings is 1. The molecule has 0 atom stereocenters. The van der Waals surface area contributed by atoms with Gasteiger partial charge in [0.05, 0.1) is 5.02 Å². The Labute approximate surface area is 119 Å². The first kappa shape index (κ1) is 15.8. The Morgan fingerprint density at radius 2 is 2.05 bits per heavy atom. The SMILES string of the molecule is CC(C)(C)NC(=O)CCNCc1ccc(O)c(Cl)c1. The van der Waals surface area contributed by atoms with Crippen LogP contribution in [0.1, 0.15) is 32.8 Å². The van der Waals surface area contributed by atoms with Crippen LogP contribution in [0.3, 0.4) is 0 Å². The largest absolute Gasteiger partial charge is 0.506 e. The number of hydrogen-bond acceptors (Lipinski definition) is 3. The van der Waals surface area contributed by atoms with Gasteiger partial charge in [-0.15, -0.1) is 0 Å². The van der Waals surface area contributed by atoms with Crippen molar-refractivity contribution in [1.29, 1.82) is 0 Å². The van der Waals surface area contributed by atoms with Crippen LogP contribution in [0.25, 0.3) is 0 Å². The molecule has 0 aliphatic heterocycles. The zero-order valence-electron chi connectivity index (χ0n) is 11.6. The summed E-state index contributed by atoms with van der Waals surface area (Å²) in [7, 11) is 0. The van der Waals surface area contributed by atoms with E-state index in [1.165, 1.54) is 0 Å². The Morgan fingerprint density at radius 1 is 1.37 bits per heavy atom. The number of carbonyl (C=O) groups is 1. The molecule has 1 rings (SSSR count). The van der Waals surface area contributed by atoms with Crippen LogP contribution in [0.15, 0.2) is 18.2 Å². The average molecular weight is 285 g/mol. The Balaban J connectivity index is 2.27. The van der Waals surface area contributed by atoms with E-state index in [1.54, 1.807) is 18.2 Å². The number of hydrogen-bond donors (Lipinski definition) is 3. The van der Waals surface area contributed by atoms with Gasteiger partial charge < -0.3 is 15.7 Å². The summed E-state index contributed by atoms with van der Waals surface area (Å²) in [5.74, 6) is 0.110. The van der Waals surface area contributed by atoms with Gasteiger partial charge in [0, 0.05) is 25.0 Å². The lowest BCUT2D eigenvalue weighted by Crippen LogP contribution is -2.41. The predicted octanol–water partition coefficient (Wildman–Crippen LogP) is 2.44. The second kappa shape index (κ2) is 6.78. The molecule has 0 saturated carbocycles. The van der Waals surface area contributed by atoms with Gasteiger partial charge in [-0.25, -0.2) is 0 Å². The zero-order valence-corrected chi connectivity index (χ0v) is 12.3. The molecule has 0 aliphatic rings. The van der Waals surface area contributed by atoms with Crippen LogP contribution < -0.4 is 10.6 Å². The molecule has 4 nitrogen and oxygen atoms in total. The van der Waals surface area contributed by atoms with Gasteiger partial charge in [-0.1, -0.05) is 17.7 Å². The van der Waals surface area contributed by atoms with Crippen LogP contribution in [0.4, 0.5) is 0 Å². The van der Waals surface area contributed by atoms with Crippen LogP contribution in [-0.4, -0.2) is 23.1 Å². The first-order valence-electron chi connectivity index (χ1n) is 6.27.